The number of pyridine rings is 2. The van der Waals surface area contributed by atoms with Gasteiger partial charge in [0.2, 0.25) is 10.0 Å². The van der Waals surface area contributed by atoms with Gasteiger partial charge >= 0.3 is 0 Å². The molecular formula is C31H36N6O4S-. The predicted molar refractivity (Wildman–Crippen MR) is 163 cm³/mol. The smallest absolute Gasteiger partial charge is 0.244 e. The molecule has 2 aromatic carbocycles. The highest BCUT2D eigenvalue weighted by Gasteiger charge is 2.55. The standard InChI is InChI=1S/C31H36N6O4S/c1-30(2)31(3,4)37(39)29(36(30)38)21-35(20-22-12-9-16-26(33-22)25-15-7-8-19-32-25)42(40,41)28-18-11-13-23-24(28)14-10-17-27(23)34(5)6/h7-19,29H,20-21H2,1-6H3/q-1. The zero-order valence-electron chi connectivity index (χ0n) is 24.7. The molecule has 3 heterocycles. The number of anilines is 1. The Bertz CT molecular complexity index is 1670. The highest BCUT2D eigenvalue weighted by atomic mass is 32.2. The summed E-state index contributed by atoms with van der Waals surface area (Å²) in [6, 6.07) is 21.5. The van der Waals surface area contributed by atoms with Gasteiger partial charge in [0.25, 0.3) is 0 Å². The summed E-state index contributed by atoms with van der Waals surface area (Å²) in [6.07, 6.45) is 0.411. The minimum atomic E-state index is -4.23. The van der Waals surface area contributed by atoms with Gasteiger partial charge in [-0.2, -0.15) is 4.31 Å². The molecule has 0 N–H and O–H groups in total. The SMILES string of the molecule is CN(C)c1cccc2c(S(=O)(=O)N(Cc3cccc(-c4ccccn4)n3)CC3N([O])C(C)(C)C(C)(C)N3[O-])cccc12. The lowest BCUT2D eigenvalue weighted by Crippen LogP contribution is -2.51. The molecule has 1 saturated heterocycles. The van der Waals surface area contributed by atoms with Crippen molar-refractivity contribution < 1.29 is 13.6 Å². The van der Waals surface area contributed by atoms with Gasteiger partial charge in [0.05, 0.1) is 40.2 Å². The second-order valence-corrected chi connectivity index (χ2v) is 13.7. The summed E-state index contributed by atoms with van der Waals surface area (Å²) in [6.45, 7) is 6.32. The predicted octanol–water partition coefficient (Wildman–Crippen LogP) is 4.90. The number of hydrogen-bond acceptors (Lipinski definition) is 8. The van der Waals surface area contributed by atoms with Gasteiger partial charge in [-0.05, 0) is 64.1 Å². The number of hydroxylamine groups is 4. The van der Waals surface area contributed by atoms with Gasteiger partial charge in [0.1, 0.15) is 0 Å². The highest BCUT2D eigenvalue weighted by molar-refractivity contribution is 7.89. The van der Waals surface area contributed by atoms with Crippen molar-refractivity contribution in [3.8, 4) is 11.4 Å². The first kappa shape index (κ1) is 30.0. The van der Waals surface area contributed by atoms with E-state index in [2.05, 4.69) is 4.98 Å². The van der Waals surface area contributed by atoms with Crippen molar-refractivity contribution in [2.45, 2.75) is 56.4 Å². The molecule has 1 aliphatic heterocycles. The Morgan fingerprint density at radius 2 is 1.52 bits per heavy atom. The lowest BCUT2D eigenvalue weighted by molar-refractivity contribution is -0.231. The number of benzene rings is 2. The maximum Gasteiger partial charge on any atom is 0.244 e. The van der Waals surface area contributed by atoms with Crippen LogP contribution in [0, 0.1) is 5.21 Å². The third kappa shape index (κ3) is 5.06. The van der Waals surface area contributed by atoms with Gasteiger partial charge in [-0.3, -0.25) is 4.98 Å². The van der Waals surface area contributed by atoms with E-state index in [1.54, 1.807) is 70.3 Å². The Morgan fingerprint density at radius 1 is 0.857 bits per heavy atom. The molecule has 1 fully saturated rings. The van der Waals surface area contributed by atoms with Crippen LogP contribution in [0.2, 0.25) is 0 Å². The summed E-state index contributed by atoms with van der Waals surface area (Å²) in [5, 5.41) is 29.8. The van der Waals surface area contributed by atoms with Crippen LogP contribution in [0.4, 0.5) is 5.69 Å². The van der Waals surface area contributed by atoms with Crippen molar-refractivity contribution in [2.24, 2.45) is 0 Å². The molecule has 0 saturated carbocycles. The molecule has 0 aliphatic carbocycles. The topological polar surface area (TPSA) is 116 Å². The summed E-state index contributed by atoms with van der Waals surface area (Å²) >= 11 is 0. The normalized spacial score (nSPS) is 19.0. The Hall–Kier alpha value is -3.45. The molecule has 0 spiro atoms. The van der Waals surface area contributed by atoms with E-state index < -0.39 is 27.3 Å². The van der Waals surface area contributed by atoms with E-state index in [4.69, 9.17) is 4.98 Å². The van der Waals surface area contributed by atoms with Gasteiger partial charge in [-0.1, -0.05) is 36.4 Å². The summed E-state index contributed by atoms with van der Waals surface area (Å²) in [5.41, 5.74) is 0.469. The van der Waals surface area contributed by atoms with Crippen molar-refractivity contribution >= 4 is 26.5 Å². The molecule has 5 rings (SSSR count). The molecule has 42 heavy (non-hydrogen) atoms. The fourth-order valence-electron chi connectivity index (χ4n) is 5.38. The Morgan fingerprint density at radius 3 is 2.17 bits per heavy atom. The van der Waals surface area contributed by atoms with Crippen molar-refractivity contribution in [3.63, 3.8) is 0 Å². The van der Waals surface area contributed by atoms with Crippen LogP contribution in [0.3, 0.4) is 0 Å². The largest absolute Gasteiger partial charge is 0.784 e. The van der Waals surface area contributed by atoms with Crippen LogP contribution in [0.1, 0.15) is 33.4 Å². The zero-order valence-corrected chi connectivity index (χ0v) is 25.5. The second kappa shape index (κ2) is 11.0. The number of nitrogens with zero attached hydrogens (tertiary/aromatic N) is 6. The number of hydrogen-bond donors (Lipinski definition) is 0. The molecule has 0 atom stereocenters. The van der Waals surface area contributed by atoms with Crippen LogP contribution in [-0.2, 0) is 21.8 Å². The number of fused-ring (bicyclic) bond motifs is 1. The summed E-state index contributed by atoms with van der Waals surface area (Å²) in [5.74, 6) is 0. The monoisotopic (exact) mass is 588 g/mol. The van der Waals surface area contributed by atoms with Crippen LogP contribution < -0.4 is 4.90 Å². The van der Waals surface area contributed by atoms with Crippen LogP contribution in [0.5, 0.6) is 0 Å². The molecule has 10 nitrogen and oxygen atoms in total. The van der Waals surface area contributed by atoms with Gasteiger partial charge in [0, 0.05) is 48.8 Å². The molecule has 0 unspecified atom stereocenters. The molecule has 1 radical (unpaired) electrons. The minimum absolute atomic E-state index is 0.0935. The van der Waals surface area contributed by atoms with Crippen LogP contribution in [-0.4, -0.2) is 70.7 Å². The van der Waals surface area contributed by atoms with Gasteiger partial charge in [-0.15, -0.1) is 10.3 Å². The average Bonchev–Trinajstić information content (AvgIpc) is 3.08. The quantitative estimate of drug-likeness (QED) is 0.286. The van der Waals surface area contributed by atoms with Crippen molar-refractivity contribution in [3.05, 3.63) is 89.9 Å². The molecular weight excluding hydrogens is 552 g/mol. The molecule has 221 valence electrons. The first-order valence-electron chi connectivity index (χ1n) is 13.8. The Kier molecular flexibility index (Phi) is 7.86. The summed E-state index contributed by atoms with van der Waals surface area (Å²) in [7, 11) is -0.425. The molecule has 1 aliphatic rings. The van der Waals surface area contributed by atoms with Crippen molar-refractivity contribution in [1.82, 2.24) is 24.4 Å². The van der Waals surface area contributed by atoms with E-state index in [9.17, 15) is 18.8 Å². The Labute approximate surface area is 247 Å². The average molecular weight is 589 g/mol. The first-order valence-corrected chi connectivity index (χ1v) is 15.2. The summed E-state index contributed by atoms with van der Waals surface area (Å²) in [4.78, 5) is 11.1. The molecule has 0 amide bonds. The van der Waals surface area contributed by atoms with E-state index in [0.717, 1.165) is 21.2 Å². The van der Waals surface area contributed by atoms with Gasteiger partial charge in [0.15, 0.2) is 0 Å². The van der Waals surface area contributed by atoms with Crippen LogP contribution in [0.15, 0.2) is 83.9 Å². The molecule has 11 heteroatoms. The van der Waals surface area contributed by atoms with E-state index in [1.165, 1.54) is 4.31 Å². The first-order chi connectivity index (χ1) is 19.8. The third-order valence-electron chi connectivity index (χ3n) is 8.54. The minimum Gasteiger partial charge on any atom is -0.784 e. The lowest BCUT2D eigenvalue weighted by atomic mass is 9.84. The van der Waals surface area contributed by atoms with Crippen molar-refractivity contribution in [2.75, 3.05) is 25.5 Å². The van der Waals surface area contributed by atoms with E-state index >= 15 is 0 Å². The molecule has 2 aromatic heterocycles. The summed E-state index contributed by atoms with van der Waals surface area (Å²) < 4.78 is 30.3. The van der Waals surface area contributed by atoms with Crippen LogP contribution in [0.25, 0.3) is 22.2 Å². The Balaban J connectivity index is 1.62. The van der Waals surface area contributed by atoms with E-state index in [1.807, 2.05) is 55.4 Å². The van der Waals surface area contributed by atoms with Gasteiger partial charge < -0.3 is 15.2 Å². The lowest BCUT2D eigenvalue weighted by Gasteiger charge is -2.45. The number of rotatable bonds is 8. The second-order valence-electron chi connectivity index (χ2n) is 11.8. The van der Waals surface area contributed by atoms with E-state index in [-0.39, 0.29) is 18.0 Å². The molecule has 0 bridgehead atoms. The highest BCUT2D eigenvalue weighted by Crippen LogP contribution is 2.43. The maximum atomic E-state index is 14.5. The number of aromatic nitrogens is 2. The van der Waals surface area contributed by atoms with E-state index in [0.29, 0.717) is 22.5 Å². The van der Waals surface area contributed by atoms with Crippen molar-refractivity contribution in [1.29, 1.82) is 0 Å². The fraction of sp³-hybridized carbons (Fsp3) is 0.355. The zero-order chi connectivity index (χ0) is 30.4. The van der Waals surface area contributed by atoms with Gasteiger partial charge in [-0.25, -0.2) is 13.4 Å². The fourth-order valence-corrected chi connectivity index (χ4v) is 7.00. The maximum absolute atomic E-state index is 14.5. The van der Waals surface area contributed by atoms with Crippen LogP contribution >= 0.6 is 0 Å². The number of sulfonamides is 1. The molecule has 4 aromatic rings. The third-order valence-corrected chi connectivity index (χ3v) is 10.4.